The summed E-state index contributed by atoms with van der Waals surface area (Å²) in [5, 5.41) is 3.48. The number of hydrogen-bond donors (Lipinski definition) is 1. The molecule has 0 radical (unpaired) electrons. The number of hydrogen-bond acceptors (Lipinski definition) is 8. The molecule has 9 nitrogen and oxygen atoms in total. The zero-order valence-electron chi connectivity index (χ0n) is 24.6. The summed E-state index contributed by atoms with van der Waals surface area (Å²) in [5.41, 5.74) is 2.24. The van der Waals surface area contributed by atoms with Crippen LogP contribution < -0.4 is 14.8 Å². The summed E-state index contributed by atoms with van der Waals surface area (Å²) in [6, 6.07) is 18.7. The van der Waals surface area contributed by atoms with Crippen LogP contribution >= 0.6 is 11.6 Å². The number of ether oxygens (including phenoxy) is 4. The molecule has 1 aliphatic rings. The molecule has 2 heterocycles. The van der Waals surface area contributed by atoms with Crippen LogP contribution in [0.25, 0.3) is 0 Å². The topological polar surface area (TPSA) is 113 Å². The van der Waals surface area contributed by atoms with Gasteiger partial charge in [0.05, 0.1) is 7.11 Å². The second-order valence-corrected chi connectivity index (χ2v) is 11.1. The van der Waals surface area contributed by atoms with E-state index in [1.807, 2.05) is 49.4 Å². The summed E-state index contributed by atoms with van der Waals surface area (Å²) in [6.07, 6.45) is 4.47. The normalized spacial score (nSPS) is 20.5. The molecule has 2 aromatic carbocycles. The molecule has 1 amide bonds. The van der Waals surface area contributed by atoms with Gasteiger partial charge in [0, 0.05) is 30.1 Å². The van der Waals surface area contributed by atoms with Gasteiger partial charge in [-0.25, -0.2) is 9.78 Å². The van der Waals surface area contributed by atoms with Crippen molar-refractivity contribution in [2.75, 3.05) is 13.9 Å². The average molecular weight is 609 g/mol. The van der Waals surface area contributed by atoms with E-state index in [-0.39, 0.29) is 29.0 Å². The smallest absolute Gasteiger partial charge is 0.328 e. The third kappa shape index (κ3) is 8.94. The molecule has 0 spiro atoms. The van der Waals surface area contributed by atoms with Crippen molar-refractivity contribution in [1.82, 2.24) is 10.3 Å². The first-order chi connectivity index (χ1) is 20.7. The number of aromatic nitrogens is 1. The quantitative estimate of drug-likeness (QED) is 0.235. The van der Waals surface area contributed by atoms with Crippen molar-refractivity contribution in [3.8, 4) is 11.5 Å². The van der Waals surface area contributed by atoms with E-state index in [0.717, 1.165) is 19.3 Å². The lowest BCUT2D eigenvalue weighted by atomic mass is 9.77. The Hall–Kier alpha value is -4.11. The largest absolute Gasteiger partial charge is 0.493 e. The minimum atomic E-state index is -0.893. The molecular weight excluding hydrogens is 572 g/mol. The van der Waals surface area contributed by atoms with Gasteiger partial charge in [-0.05, 0) is 61.8 Å². The number of pyridine rings is 1. The lowest BCUT2D eigenvalue weighted by molar-refractivity contribution is -0.154. The fourth-order valence-corrected chi connectivity index (χ4v) is 5.60. The maximum atomic E-state index is 13.5. The number of esters is 2. The van der Waals surface area contributed by atoms with Gasteiger partial charge in [0.1, 0.15) is 12.1 Å². The van der Waals surface area contributed by atoms with Gasteiger partial charge in [-0.2, -0.15) is 0 Å². The van der Waals surface area contributed by atoms with E-state index in [9.17, 15) is 14.4 Å². The molecule has 0 unspecified atom stereocenters. The number of amides is 1. The van der Waals surface area contributed by atoms with E-state index in [1.54, 1.807) is 0 Å². The molecule has 0 aliphatic carbocycles. The Kier molecular flexibility index (Phi) is 11.4. The average Bonchev–Trinajstić information content (AvgIpc) is 3.04. The lowest BCUT2D eigenvalue weighted by Crippen LogP contribution is -2.43. The molecule has 1 aromatic heterocycles. The molecule has 0 bridgehead atoms. The number of nitrogens with one attached hydrogen (secondary N) is 1. The van der Waals surface area contributed by atoms with Crippen molar-refractivity contribution >= 4 is 29.4 Å². The molecule has 4 atom stereocenters. The van der Waals surface area contributed by atoms with E-state index >= 15 is 0 Å². The highest BCUT2D eigenvalue weighted by Crippen LogP contribution is 2.33. The van der Waals surface area contributed by atoms with Gasteiger partial charge in [-0.1, -0.05) is 60.5 Å². The second-order valence-electron chi connectivity index (χ2n) is 10.6. The Morgan fingerprint density at radius 2 is 1.74 bits per heavy atom. The zero-order valence-corrected chi connectivity index (χ0v) is 25.3. The van der Waals surface area contributed by atoms with Crippen molar-refractivity contribution in [3.05, 3.63) is 88.7 Å². The maximum absolute atomic E-state index is 13.5. The van der Waals surface area contributed by atoms with Crippen molar-refractivity contribution in [2.24, 2.45) is 11.8 Å². The van der Waals surface area contributed by atoms with E-state index < -0.39 is 36.8 Å². The Labute approximate surface area is 256 Å². The summed E-state index contributed by atoms with van der Waals surface area (Å²) in [4.78, 5) is 42.2. The number of rotatable bonds is 10. The summed E-state index contributed by atoms with van der Waals surface area (Å²) in [7, 11) is 1.42. The SMILES string of the molecule is COc1ccnc(C(=O)N[C@H]2CCC[C@H](Cc3ccc(Cl)cc3)[C@@H](Cc3ccccc3)[C@H](C)OC2=O)c1OCOC(C)=O. The molecule has 3 aromatic rings. The van der Waals surface area contributed by atoms with Crippen LogP contribution in [0.4, 0.5) is 0 Å². The summed E-state index contributed by atoms with van der Waals surface area (Å²) >= 11 is 6.13. The van der Waals surface area contributed by atoms with Crippen LogP contribution in [-0.4, -0.2) is 48.9 Å². The van der Waals surface area contributed by atoms with E-state index in [4.69, 9.17) is 30.5 Å². The third-order valence-corrected chi connectivity index (χ3v) is 7.91. The number of nitrogens with zero attached hydrogens (tertiary/aromatic N) is 1. The minimum Gasteiger partial charge on any atom is -0.493 e. The van der Waals surface area contributed by atoms with Gasteiger partial charge in [0.25, 0.3) is 5.91 Å². The zero-order chi connectivity index (χ0) is 30.8. The van der Waals surface area contributed by atoms with Crippen LogP contribution in [0.5, 0.6) is 11.5 Å². The van der Waals surface area contributed by atoms with Crippen molar-refractivity contribution < 1.29 is 33.3 Å². The maximum Gasteiger partial charge on any atom is 0.328 e. The number of cyclic esters (lactones) is 1. The number of benzene rings is 2. The first-order valence-electron chi connectivity index (χ1n) is 14.3. The Balaban J connectivity index is 1.54. The van der Waals surface area contributed by atoms with E-state index in [2.05, 4.69) is 22.4 Å². The Morgan fingerprint density at radius 1 is 1.02 bits per heavy atom. The van der Waals surface area contributed by atoms with Crippen LogP contribution in [0.1, 0.15) is 54.7 Å². The van der Waals surface area contributed by atoms with Gasteiger partial charge in [0.2, 0.25) is 6.79 Å². The summed E-state index contributed by atoms with van der Waals surface area (Å²) in [6.45, 7) is 2.74. The fraction of sp³-hybridized carbons (Fsp3) is 0.394. The van der Waals surface area contributed by atoms with Gasteiger partial charge in [0.15, 0.2) is 17.2 Å². The highest BCUT2D eigenvalue weighted by molar-refractivity contribution is 6.30. The monoisotopic (exact) mass is 608 g/mol. The fourth-order valence-electron chi connectivity index (χ4n) is 5.47. The van der Waals surface area contributed by atoms with Gasteiger partial charge in [-0.15, -0.1) is 0 Å². The van der Waals surface area contributed by atoms with Crippen LogP contribution in [-0.2, 0) is 31.9 Å². The van der Waals surface area contributed by atoms with Crippen LogP contribution in [0.15, 0.2) is 66.9 Å². The highest BCUT2D eigenvalue weighted by atomic mass is 35.5. The molecule has 4 rings (SSSR count). The molecule has 10 heteroatoms. The Bertz CT molecular complexity index is 1380. The molecule has 1 saturated heterocycles. The minimum absolute atomic E-state index is 0.000458. The summed E-state index contributed by atoms with van der Waals surface area (Å²) < 4.78 is 21.7. The van der Waals surface area contributed by atoms with Crippen LogP contribution in [0.3, 0.4) is 0 Å². The third-order valence-electron chi connectivity index (χ3n) is 7.66. The molecule has 228 valence electrons. The number of carbonyl (C=O) groups excluding carboxylic acids is 3. The van der Waals surface area contributed by atoms with Crippen molar-refractivity contribution in [2.45, 2.75) is 58.1 Å². The second kappa shape index (κ2) is 15.4. The predicted molar refractivity (Wildman–Crippen MR) is 161 cm³/mol. The summed E-state index contributed by atoms with van der Waals surface area (Å²) in [5.74, 6) is -1.18. The van der Waals surface area contributed by atoms with Gasteiger partial charge < -0.3 is 24.3 Å². The highest BCUT2D eigenvalue weighted by Gasteiger charge is 2.35. The van der Waals surface area contributed by atoms with Gasteiger partial charge in [-0.3, -0.25) is 9.59 Å². The predicted octanol–water partition coefficient (Wildman–Crippen LogP) is 5.57. The number of carbonyl (C=O) groups is 3. The molecule has 1 N–H and O–H groups in total. The molecule has 43 heavy (non-hydrogen) atoms. The van der Waals surface area contributed by atoms with Crippen LogP contribution in [0.2, 0.25) is 5.02 Å². The molecule has 1 fully saturated rings. The molecule has 0 saturated carbocycles. The Morgan fingerprint density at radius 3 is 2.44 bits per heavy atom. The first kappa shape index (κ1) is 31.8. The lowest BCUT2D eigenvalue weighted by Gasteiger charge is -2.31. The van der Waals surface area contributed by atoms with Crippen molar-refractivity contribution in [1.29, 1.82) is 0 Å². The van der Waals surface area contributed by atoms with E-state index in [0.29, 0.717) is 17.9 Å². The van der Waals surface area contributed by atoms with Crippen LogP contribution in [0, 0.1) is 11.8 Å². The first-order valence-corrected chi connectivity index (χ1v) is 14.7. The van der Waals surface area contributed by atoms with Crippen molar-refractivity contribution in [3.63, 3.8) is 0 Å². The standard InChI is InChI=1S/C33H37ClN2O7/c1-21-27(19-23-8-5-4-6-9-23)25(18-24-12-14-26(34)15-13-24)10-7-11-28(33(39)43-21)36-32(38)30-31(42-20-41-22(2)37)29(40-3)16-17-35-30/h4-6,8-9,12-17,21,25,27-28H,7,10-11,18-20H2,1-3H3,(H,36,38)/t21-,25+,27-,28-/m0/s1. The van der Waals surface area contributed by atoms with E-state index in [1.165, 1.54) is 37.4 Å². The molecular formula is C33H37ClN2O7. The molecule has 1 aliphatic heterocycles. The number of methoxy groups -OCH3 is 1. The number of halogens is 1. The van der Waals surface area contributed by atoms with Gasteiger partial charge >= 0.3 is 11.9 Å².